The predicted octanol–water partition coefficient (Wildman–Crippen LogP) is 4.41. The Morgan fingerprint density at radius 3 is 2.39 bits per heavy atom. The molecule has 0 aliphatic rings. The number of benzene rings is 2. The molecule has 0 bridgehead atoms. The zero-order valence-corrected chi connectivity index (χ0v) is 12.9. The summed E-state index contributed by atoms with van der Waals surface area (Å²) in [6.07, 6.45) is 0.696. The summed E-state index contributed by atoms with van der Waals surface area (Å²) in [5.41, 5.74) is -0.0791. The fourth-order valence-corrected chi connectivity index (χ4v) is 2.61. The first-order valence-corrected chi connectivity index (χ1v) is 7.91. The van der Waals surface area contributed by atoms with Crippen LogP contribution in [0, 0.1) is 17.5 Å². The number of amides is 2. The lowest BCUT2D eigenvalue weighted by molar-refractivity contribution is 0.252. The number of carbonyl (C=O) groups is 1. The Morgan fingerprint density at radius 2 is 1.70 bits per heavy atom. The van der Waals surface area contributed by atoms with E-state index in [1.165, 1.54) is 12.1 Å². The van der Waals surface area contributed by atoms with Crippen molar-refractivity contribution in [2.75, 3.05) is 17.6 Å². The molecular weight excluding hydrogens is 325 g/mol. The molecule has 0 fully saturated rings. The van der Waals surface area contributed by atoms with E-state index in [9.17, 15) is 18.0 Å². The first-order chi connectivity index (χ1) is 11.0. The van der Waals surface area contributed by atoms with E-state index in [1.807, 2.05) is 0 Å². The molecule has 2 aromatic carbocycles. The van der Waals surface area contributed by atoms with Crippen molar-refractivity contribution in [1.82, 2.24) is 5.32 Å². The monoisotopic (exact) mass is 340 g/mol. The number of thioether (sulfide) groups is 1. The second-order valence-corrected chi connectivity index (χ2v) is 5.83. The van der Waals surface area contributed by atoms with Crippen LogP contribution in [-0.4, -0.2) is 18.3 Å². The lowest BCUT2D eigenvalue weighted by atomic mass is 10.3. The highest BCUT2D eigenvalue weighted by Crippen LogP contribution is 2.18. The number of nitrogens with one attached hydrogen (secondary N) is 2. The minimum Gasteiger partial charge on any atom is -0.338 e. The van der Waals surface area contributed by atoms with E-state index in [2.05, 4.69) is 10.6 Å². The second-order valence-electron chi connectivity index (χ2n) is 4.66. The minimum atomic E-state index is -0.827. The van der Waals surface area contributed by atoms with E-state index in [1.54, 1.807) is 23.9 Å². The quantitative estimate of drug-likeness (QED) is 0.604. The first kappa shape index (κ1) is 17.2. The summed E-state index contributed by atoms with van der Waals surface area (Å²) in [6.45, 7) is 0.406. The highest BCUT2D eigenvalue weighted by atomic mass is 32.2. The molecule has 0 spiro atoms. The van der Waals surface area contributed by atoms with Crippen molar-refractivity contribution in [2.24, 2.45) is 0 Å². The highest BCUT2D eigenvalue weighted by molar-refractivity contribution is 7.99. The summed E-state index contributed by atoms with van der Waals surface area (Å²) in [6, 6.07) is 8.55. The molecule has 0 saturated carbocycles. The van der Waals surface area contributed by atoms with Crippen LogP contribution >= 0.6 is 11.8 Å². The molecule has 2 rings (SSSR count). The molecule has 0 radical (unpaired) electrons. The standard InChI is InChI=1S/C16H15F3N2OS/c17-11-2-5-13(6-3-11)23-9-1-8-20-16(22)21-15-7-4-12(18)10-14(15)19/h2-7,10H,1,8-9H2,(H2,20,21,22). The maximum absolute atomic E-state index is 13.4. The van der Waals surface area contributed by atoms with Gasteiger partial charge in [0.15, 0.2) is 0 Å². The molecule has 3 nitrogen and oxygen atoms in total. The van der Waals surface area contributed by atoms with E-state index in [-0.39, 0.29) is 11.5 Å². The number of hydrogen-bond donors (Lipinski definition) is 2. The second kappa shape index (κ2) is 8.47. The zero-order chi connectivity index (χ0) is 16.7. The molecule has 0 heterocycles. The van der Waals surface area contributed by atoms with Gasteiger partial charge in [-0.25, -0.2) is 18.0 Å². The number of rotatable bonds is 6. The third kappa shape index (κ3) is 5.86. The van der Waals surface area contributed by atoms with Crippen molar-refractivity contribution in [3.8, 4) is 0 Å². The zero-order valence-electron chi connectivity index (χ0n) is 12.1. The van der Waals surface area contributed by atoms with Crippen LogP contribution in [0.2, 0.25) is 0 Å². The van der Waals surface area contributed by atoms with Crippen LogP contribution in [0.4, 0.5) is 23.7 Å². The van der Waals surface area contributed by atoms with Gasteiger partial charge in [0.1, 0.15) is 17.5 Å². The maximum atomic E-state index is 13.4. The number of carbonyl (C=O) groups excluding carboxylic acids is 1. The van der Waals surface area contributed by atoms with Crippen LogP contribution in [-0.2, 0) is 0 Å². The molecule has 0 aliphatic heterocycles. The summed E-state index contributed by atoms with van der Waals surface area (Å²) >= 11 is 1.55. The molecule has 2 N–H and O–H groups in total. The molecule has 0 aliphatic carbocycles. The summed E-state index contributed by atoms with van der Waals surface area (Å²) in [5.74, 6) is -1.06. The maximum Gasteiger partial charge on any atom is 0.319 e. The average molecular weight is 340 g/mol. The van der Waals surface area contributed by atoms with Crippen LogP contribution in [0.25, 0.3) is 0 Å². The smallest absolute Gasteiger partial charge is 0.319 e. The third-order valence-electron chi connectivity index (χ3n) is 2.87. The Balaban J connectivity index is 1.65. The van der Waals surface area contributed by atoms with E-state index < -0.39 is 17.7 Å². The molecule has 23 heavy (non-hydrogen) atoms. The SMILES string of the molecule is O=C(NCCCSc1ccc(F)cc1)Nc1ccc(F)cc1F. The van der Waals surface area contributed by atoms with Gasteiger partial charge >= 0.3 is 6.03 Å². The Hall–Kier alpha value is -2.15. The van der Waals surface area contributed by atoms with Gasteiger partial charge in [0.05, 0.1) is 5.69 Å². The van der Waals surface area contributed by atoms with Gasteiger partial charge in [0.2, 0.25) is 0 Å². The average Bonchev–Trinajstić information content (AvgIpc) is 2.51. The number of halogens is 3. The van der Waals surface area contributed by atoms with Gasteiger partial charge in [-0.1, -0.05) is 0 Å². The first-order valence-electron chi connectivity index (χ1n) is 6.93. The van der Waals surface area contributed by atoms with Crippen molar-refractivity contribution < 1.29 is 18.0 Å². The predicted molar refractivity (Wildman–Crippen MR) is 85.1 cm³/mol. The lowest BCUT2D eigenvalue weighted by Crippen LogP contribution is -2.30. The van der Waals surface area contributed by atoms with Crippen molar-refractivity contribution in [1.29, 1.82) is 0 Å². The normalized spacial score (nSPS) is 10.4. The van der Waals surface area contributed by atoms with Crippen LogP contribution < -0.4 is 10.6 Å². The van der Waals surface area contributed by atoms with Gasteiger partial charge in [0, 0.05) is 17.5 Å². The molecule has 0 atom stereocenters. The summed E-state index contributed by atoms with van der Waals surface area (Å²) in [5, 5.41) is 4.90. The highest BCUT2D eigenvalue weighted by Gasteiger charge is 2.07. The van der Waals surface area contributed by atoms with Gasteiger partial charge in [0.25, 0.3) is 0 Å². The summed E-state index contributed by atoms with van der Waals surface area (Å²) in [4.78, 5) is 12.5. The van der Waals surface area contributed by atoms with Crippen molar-refractivity contribution >= 4 is 23.5 Å². The lowest BCUT2D eigenvalue weighted by Gasteiger charge is -2.08. The van der Waals surface area contributed by atoms with Crippen LogP contribution in [0.3, 0.4) is 0 Å². The molecule has 0 unspecified atom stereocenters. The van der Waals surface area contributed by atoms with Gasteiger partial charge in [-0.05, 0) is 48.6 Å². The van der Waals surface area contributed by atoms with E-state index in [0.717, 1.165) is 22.8 Å². The van der Waals surface area contributed by atoms with Crippen molar-refractivity contribution in [3.05, 3.63) is 59.9 Å². The number of hydrogen-bond acceptors (Lipinski definition) is 2. The topological polar surface area (TPSA) is 41.1 Å². The van der Waals surface area contributed by atoms with Crippen molar-refractivity contribution in [3.63, 3.8) is 0 Å². The molecule has 7 heteroatoms. The summed E-state index contributed by atoms with van der Waals surface area (Å²) < 4.78 is 38.8. The van der Waals surface area contributed by atoms with E-state index in [0.29, 0.717) is 19.0 Å². The number of urea groups is 1. The Morgan fingerprint density at radius 1 is 1.00 bits per heavy atom. The summed E-state index contributed by atoms with van der Waals surface area (Å²) in [7, 11) is 0. The third-order valence-corrected chi connectivity index (χ3v) is 3.97. The van der Waals surface area contributed by atoms with Gasteiger partial charge in [-0.15, -0.1) is 11.8 Å². The van der Waals surface area contributed by atoms with Crippen LogP contribution in [0.5, 0.6) is 0 Å². The number of anilines is 1. The molecule has 0 aromatic heterocycles. The fraction of sp³-hybridized carbons (Fsp3) is 0.188. The Bertz CT molecular complexity index is 665. The molecule has 2 amide bonds. The largest absolute Gasteiger partial charge is 0.338 e. The van der Waals surface area contributed by atoms with Gasteiger partial charge in [-0.2, -0.15) is 0 Å². The molecule has 0 saturated heterocycles. The Labute approximate surface area is 136 Å². The van der Waals surface area contributed by atoms with Gasteiger partial charge in [-0.3, -0.25) is 0 Å². The van der Waals surface area contributed by atoms with Crippen LogP contribution in [0.15, 0.2) is 47.4 Å². The molecular formula is C16H15F3N2OS. The molecule has 122 valence electrons. The van der Waals surface area contributed by atoms with Crippen molar-refractivity contribution in [2.45, 2.75) is 11.3 Å². The van der Waals surface area contributed by atoms with E-state index >= 15 is 0 Å². The fourth-order valence-electron chi connectivity index (χ4n) is 1.75. The minimum absolute atomic E-state index is 0.0791. The van der Waals surface area contributed by atoms with E-state index in [4.69, 9.17) is 0 Å². The molecule has 2 aromatic rings. The van der Waals surface area contributed by atoms with Gasteiger partial charge < -0.3 is 10.6 Å². The Kier molecular flexibility index (Phi) is 6.34. The van der Waals surface area contributed by atoms with Crippen LogP contribution in [0.1, 0.15) is 6.42 Å².